The van der Waals surface area contributed by atoms with Crippen LogP contribution in [0.5, 0.6) is 0 Å². The van der Waals surface area contributed by atoms with Gasteiger partial charge in [-0.2, -0.15) is 5.10 Å². The maximum Gasteiger partial charge on any atom is 0.249 e. The van der Waals surface area contributed by atoms with Gasteiger partial charge in [-0.15, -0.1) is 0 Å². The van der Waals surface area contributed by atoms with E-state index in [0.29, 0.717) is 17.5 Å². The smallest absolute Gasteiger partial charge is 0.249 e. The van der Waals surface area contributed by atoms with Crippen LogP contribution in [0, 0.1) is 0 Å². The highest BCUT2D eigenvalue weighted by Gasteiger charge is 2.20. The van der Waals surface area contributed by atoms with Crippen LogP contribution in [0.2, 0.25) is 0 Å². The van der Waals surface area contributed by atoms with Crippen LogP contribution >= 0.6 is 0 Å². The van der Waals surface area contributed by atoms with Crippen LogP contribution in [0.1, 0.15) is 37.6 Å². The number of benzene rings is 1. The zero-order valence-electron chi connectivity index (χ0n) is 13.2. The molecule has 2 aromatic heterocycles. The lowest BCUT2D eigenvalue weighted by atomic mass is 10.2. The summed E-state index contributed by atoms with van der Waals surface area (Å²) in [6, 6.07) is 9.71. The van der Waals surface area contributed by atoms with Crippen molar-refractivity contribution in [1.29, 1.82) is 0 Å². The summed E-state index contributed by atoms with van der Waals surface area (Å²) in [4.78, 5) is 16.5. The van der Waals surface area contributed by atoms with E-state index in [1.807, 2.05) is 35.0 Å². The number of hydrogen-bond donors (Lipinski definition) is 1. The molecule has 2 heterocycles. The van der Waals surface area contributed by atoms with Crippen molar-refractivity contribution in [1.82, 2.24) is 14.8 Å². The van der Waals surface area contributed by atoms with E-state index < -0.39 is 0 Å². The fourth-order valence-corrected chi connectivity index (χ4v) is 3.13. The van der Waals surface area contributed by atoms with Crippen molar-refractivity contribution in [3.05, 3.63) is 48.5 Å². The van der Waals surface area contributed by atoms with Crippen LogP contribution in [0.3, 0.4) is 0 Å². The molecule has 6 nitrogen and oxygen atoms in total. The fourth-order valence-electron chi connectivity index (χ4n) is 3.13. The zero-order valence-corrected chi connectivity index (χ0v) is 13.2. The highest BCUT2D eigenvalue weighted by Crippen LogP contribution is 2.31. The van der Waals surface area contributed by atoms with Crippen molar-refractivity contribution in [3.63, 3.8) is 0 Å². The summed E-state index contributed by atoms with van der Waals surface area (Å²) >= 11 is 0. The zero-order chi connectivity index (χ0) is 16.4. The molecule has 4 rings (SSSR count). The normalized spacial score (nSPS) is 15.5. The Labute approximate surface area is 139 Å². The van der Waals surface area contributed by atoms with E-state index in [9.17, 15) is 4.79 Å². The number of amides is 1. The van der Waals surface area contributed by atoms with Crippen molar-refractivity contribution < 1.29 is 9.21 Å². The summed E-state index contributed by atoms with van der Waals surface area (Å²) in [5, 5.41) is 7.22. The van der Waals surface area contributed by atoms with E-state index in [-0.39, 0.29) is 5.91 Å². The standard InChI is InChI=1S/C18H18N4O2/c23-17(9-10-18-20-14-7-3-4-8-15(14)24-18)21-16-11-12-19-22(16)13-5-1-2-6-13/h3-4,7-13H,1-2,5-6H2,(H,21,23)/b10-9+. The quantitative estimate of drug-likeness (QED) is 0.742. The molecule has 3 aromatic rings. The Bertz CT molecular complexity index is 854. The number of aromatic nitrogens is 3. The van der Waals surface area contributed by atoms with E-state index in [2.05, 4.69) is 15.4 Å². The Balaban J connectivity index is 1.46. The van der Waals surface area contributed by atoms with E-state index in [4.69, 9.17) is 4.42 Å². The van der Waals surface area contributed by atoms with Crippen molar-refractivity contribution in [2.45, 2.75) is 31.7 Å². The van der Waals surface area contributed by atoms with Crippen LogP contribution in [-0.2, 0) is 4.79 Å². The summed E-state index contributed by atoms with van der Waals surface area (Å²) in [6.45, 7) is 0. The van der Waals surface area contributed by atoms with Crippen LogP contribution in [0.15, 0.2) is 47.0 Å². The third-order valence-corrected chi connectivity index (χ3v) is 4.28. The fraction of sp³-hybridized carbons (Fsp3) is 0.278. The topological polar surface area (TPSA) is 73.0 Å². The predicted octanol–water partition coefficient (Wildman–Crippen LogP) is 3.79. The Morgan fingerprint density at radius 1 is 1.25 bits per heavy atom. The second-order valence-corrected chi connectivity index (χ2v) is 5.94. The molecule has 0 aliphatic heterocycles. The first-order valence-corrected chi connectivity index (χ1v) is 8.18. The number of para-hydroxylation sites is 2. The molecule has 1 aromatic carbocycles. The largest absolute Gasteiger partial charge is 0.437 e. The molecule has 1 aliphatic carbocycles. The maximum absolute atomic E-state index is 12.2. The lowest BCUT2D eigenvalue weighted by molar-refractivity contribution is -0.111. The van der Waals surface area contributed by atoms with Gasteiger partial charge in [-0.25, -0.2) is 9.67 Å². The van der Waals surface area contributed by atoms with Gasteiger partial charge in [0.2, 0.25) is 11.8 Å². The van der Waals surface area contributed by atoms with Crippen LogP contribution in [0.25, 0.3) is 17.2 Å². The maximum atomic E-state index is 12.2. The molecule has 0 saturated heterocycles. The number of nitrogens with zero attached hydrogens (tertiary/aromatic N) is 3. The van der Waals surface area contributed by atoms with Gasteiger partial charge < -0.3 is 9.73 Å². The highest BCUT2D eigenvalue weighted by molar-refractivity contribution is 6.01. The van der Waals surface area contributed by atoms with Crippen LogP contribution < -0.4 is 5.32 Å². The van der Waals surface area contributed by atoms with Gasteiger partial charge >= 0.3 is 0 Å². The summed E-state index contributed by atoms with van der Waals surface area (Å²) in [5.41, 5.74) is 1.48. The molecule has 0 atom stereocenters. The van der Waals surface area contributed by atoms with Gasteiger partial charge in [-0.1, -0.05) is 25.0 Å². The number of carbonyl (C=O) groups is 1. The van der Waals surface area contributed by atoms with E-state index in [1.54, 1.807) is 12.3 Å². The number of rotatable bonds is 4. The van der Waals surface area contributed by atoms with Gasteiger partial charge in [0.15, 0.2) is 5.58 Å². The molecule has 1 amide bonds. The first-order valence-electron chi connectivity index (χ1n) is 8.18. The van der Waals surface area contributed by atoms with Gasteiger partial charge in [-0.05, 0) is 25.0 Å². The van der Waals surface area contributed by atoms with Crippen LogP contribution in [0.4, 0.5) is 5.82 Å². The molecule has 1 saturated carbocycles. The predicted molar refractivity (Wildman–Crippen MR) is 91.4 cm³/mol. The number of carbonyl (C=O) groups excluding carboxylic acids is 1. The van der Waals surface area contributed by atoms with E-state index in [0.717, 1.165) is 24.2 Å². The average Bonchev–Trinajstić information content (AvgIpc) is 3.32. The van der Waals surface area contributed by atoms with E-state index >= 15 is 0 Å². The van der Waals surface area contributed by atoms with Crippen LogP contribution in [-0.4, -0.2) is 20.7 Å². The summed E-state index contributed by atoms with van der Waals surface area (Å²) < 4.78 is 7.48. The van der Waals surface area contributed by atoms with Crippen molar-refractivity contribution in [2.24, 2.45) is 0 Å². The Morgan fingerprint density at radius 2 is 2.08 bits per heavy atom. The summed E-state index contributed by atoms with van der Waals surface area (Å²) in [6.07, 6.45) is 9.39. The van der Waals surface area contributed by atoms with Gasteiger partial charge in [0.05, 0.1) is 12.2 Å². The minimum atomic E-state index is -0.225. The minimum absolute atomic E-state index is 0.225. The first-order chi connectivity index (χ1) is 11.8. The lowest BCUT2D eigenvalue weighted by Crippen LogP contribution is -2.15. The number of hydrogen-bond acceptors (Lipinski definition) is 4. The first kappa shape index (κ1) is 14.7. The third-order valence-electron chi connectivity index (χ3n) is 4.28. The second-order valence-electron chi connectivity index (χ2n) is 5.94. The molecule has 1 aliphatic rings. The van der Waals surface area contributed by atoms with Crippen molar-refractivity contribution in [3.8, 4) is 0 Å². The van der Waals surface area contributed by atoms with Gasteiger partial charge in [-0.3, -0.25) is 4.79 Å². The van der Waals surface area contributed by atoms with Gasteiger partial charge in [0.1, 0.15) is 11.3 Å². The molecule has 6 heteroatoms. The molecule has 0 spiro atoms. The minimum Gasteiger partial charge on any atom is -0.437 e. The molecule has 0 unspecified atom stereocenters. The van der Waals surface area contributed by atoms with Crippen molar-refractivity contribution in [2.75, 3.05) is 5.32 Å². The molecule has 122 valence electrons. The van der Waals surface area contributed by atoms with E-state index in [1.165, 1.54) is 18.9 Å². The molecular weight excluding hydrogens is 304 g/mol. The molecule has 0 bridgehead atoms. The summed E-state index contributed by atoms with van der Waals surface area (Å²) in [7, 11) is 0. The Hall–Kier alpha value is -2.89. The van der Waals surface area contributed by atoms with Gasteiger partial charge in [0, 0.05) is 18.2 Å². The Kier molecular flexibility index (Phi) is 3.86. The molecule has 0 radical (unpaired) electrons. The number of anilines is 1. The lowest BCUT2D eigenvalue weighted by Gasteiger charge is -2.13. The second kappa shape index (κ2) is 6.31. The molecular formula is C18H18N4O2. The molecule has 24 heavy (non-hydrogen) atoms. The molecule has 1 fully saturated rings. The van der Waals surface area contributed by atoms with Crippen molar-refractivity contribution >= 4 is 28.9 Å². The summed E-state index contributed by atoms with van der Waals surface area (Å²) in [5.74, 6) is 0.918. The Morgan fingerprint density at radius 3 is 2.92 bits per heavy atom. The number of nitrogens with one attached hydrogen (secondary N) is 1. The highest BCUT2D eigenvalue weighted by atomic mass is 16.3. The monoisotopic (exact) mass is 322 g/mol. The van der Waals surface area contributed by atoms with Gasteiger partial charge in [0.25, 0.3) is 0 Å². The third kappa shape index (κ3) is 2.95. The number of oxazole rings is 1. The average molecular weight is 322 g/mol. The molecule has 1 N–H and O–H groups in total. The SMILES string of the molecule is O=C(/C=C/c1nc2ccccc2o1)Nc1ccnn1C1CCCC1. The number of fused-ring (bicyclic) bond motifs is 1.